The van der Waals surface area contributed by atoms with Crippen LogP contribution in [0.3, 0.4) is 0 Å². The summed E-state index contributed by atoms with van der Waals surface area (Å²) in [6.07, 6.45) is 0. The van der Waals surface area contributed by atoms with E-state index in [-0.39, 0.29) is 23.5 Å². The fraction of sp³-hybridized carbons (Fsp3) is 0.250. The van der Waals surface area contributed by atoms with Gasteiger partial charge in [-0.3, -0.25) is 0 Å². The van der Waals surface area contributed by atoms with Crippen LogP contribution in [-0.2, 0) is 0 Å². The molecule has 0 saturated heterocycles. The van der Waals surface area contributed by atoms with Gasteiger partial charge in [-0.15, -0.1) is 0 Å². The van der Waals surface area contributed by atoms with E-state index in [1.54, 1.807) is 12.1 Å². The Hall–Kier alpha value is -1.70. The van der Waals surface area contributed by atoms with E-state index in [4.69, 9.17) is 0 Å². The number of rotatable bonds is 3. The zero-order valence-corrected chi connectivity index (χ0v) is 10.5. The lowest BCUT2D eigenvalue weighted by Crippen LogP contribution is -2.09. The molecule has 2 heteroatoms. The summed E-state index contributed by atoms with van der Waals surface area (Å²) in [6, 6.07) is 13.1. The van der Waals surface area contributed by atoms with Crippen molar-refractivity contribution in [1.29, 1.82) is 0 Å². The molecule has 0 aromatic heterocycles. The van der Waals surface area contributed by atoms with Gasteiger partial charge in [0.2, 0.25) is 0 Å². The van der Waals surface area contributed by atoms with Gasteiger partial charge in [0, 0.05) is 5.92 Å². The smallest absolute Gasteiger partial charge is 0.123 e. The lowest BCUT2D eigenvalue weighted by molar-refractivity contribution is 0.550. The Bertz CT molecular complexity index is 487. The third-order valence-electron chi connectivity index (χ3n) is 3.08. The van der Waals surface area contributed by atoms with E-state index in [0.717, 1.165) is 11.1 Å². The molecule has 0 saturated carbocycles. The van der Waals surface area contributed by atoms with Gasteiger partial charge in [-0.2, -0.15) is 0 Å². The van der Waals surface area contributed by atoms with E-state index >= 15 is 0 Å². The van der Waals surface area contributed by atoms with Crippen molar-refractivity contribution in [2.75, 3.05) is 0 Å². The Balaban J connectivity index is 2.46. The molecule has 0 bridgehead atoms. The van der Waals surface area contributed by atoms with Crippen molar-refractivity contribution in [3.63, 3.8) is 0 Å². The molecule has 2 aromatic rings. The summed E-state index contributed by atoms with van der Waals surface area (Å²) < 4.78 is 26.6. The largest absolute Gasteiger partial charge is 0.207 e. The zero-order valence-electron chi connectivity index (χ0n) is 10.5. The van der Waals surface area contributed by atoms with Crippen molar-refractivity contribution in [2.45, 2.75) is 19.8 Å². The highest BCUT2D eigenvalue weighted by Gasteiger charge is 2.18. The van der Waals surface area contributed by atoms with E-state index < -0.39 is 0 Å². The second-order valence-electron chi connectivity index (χ2n) is 4.83. The Morgan fingerprint density at radius 2 is 1.22 bits per heavy atom. The molecule has 0 heterocycles. The van der Waals surface area contributed by atoms with Crippen molar-refractivity contribution >= 4 is 0 Å². The molecule has 0 fully saturated rings. The van der Waals surface area contributed by atoms with Crippen LogP contribution in [0.25, 0.3) is 0 Å². The molecule has 0 aliphatic rings. The predicted molar refractivity (Wildman–Crippen MR) is 69.5 cm³/mol. The second kappa shape index (κ2) is 5.30. The molecule has 0 spiro atoms. The summed E-state index contributed by atoms with van der Waals surface area (Å²) in [7, 11) is 0. The van der Waals surface area contributed by atoms with Crippen LogP contribution in [0.15, 0.2) is 48.5 Å². The molecule has 18 heavy (non-hydrogen) atoms. The summed E-state index contributed by atoms with van der Waals surface area (Å²) in [5.41, 5.74) is 1.77. The van der Waals surface area contributed by atoms with Crippen LogP contribution in [-0.4, -0.2) is 0 Å². The van der Waals surface area contributed by atoms with Crippen LogP contribution in [0.4, 0.5) is 8.78 Å². The molecule has 0 N–H and O–H groups in total. The first-order valence-corrected chi connectivity index (χ1v) is 6.09. The number of hydrogen-bond acceptors (Lipinski definition) is 0. The van der Waals surface area contributed by atoms with Gasteiger partial charge in [-0.25, -0.2) is 8.78 Å². The Morgan fingerprint density at radius 3 is 1.56 bits per heavy atom. The first kappa shape index (κ1) is 12.7. The monoisotopic (exact) mass is 246 g/mol. The SMILES string of the molecule is CC(C)C(c1cccc(F)c1)c1cccc(F)c1. The third kappa shape index (κ3) is 2.76. The fourth-order valence-corrected chi connectivity index (χ4v) is 2.36. The second-order valence-corrected chi connectivity index (χ2v) is 4.83. The van der Waals surface area contributed by atoms with Crippen LogP contribution >= 0.6 is 0 Å². The molecule has 0 radical (unpaired) electrons. The summed E-state index contributed by atoms with van der Waals surface area (Å²) in [5, 5.41) is 0. The maximum Gasteiger partial charge on any atom is 0.123 e. The van der Waals surface area contributed by atoms with Crippen LogP contribution in [0.1, 0.15) is 30.9 Å². The molecule has 2 aromatic carbocycles. The van der Waals surface area contributed by atoms with Gasteiger partial charge in [0.05, 0.1) is 0 Å². The van der Waals surface area contributed by atoms with E-state index in [1.165, 1.54) is 24.3 Å². The van der Waals surface area contributed by atoms with Crippen LogP contribution in [0.5, 0.6) is 0 Å². The number of benzene rings is 2. The molecule has 0 nitrogen and oxygen atoms in total. The maximum absolute atomic E-state index is 13.3. The Morgan fingerprint density at radius 1 is 0.778 bits per heavy atom. The molecular weight excluding hydrogens is 230 g/mol. The summed E-state index contributed by atoms with van der Waals surface area (Å²) in [6.45, 7) is 4.11. The Kier molecular flexibility index (Phi) is 3.75. The van der Waals surface area contributed by atoms with Gasteiger partial charge in [0.25, 0.3) is 0 Å². The first-order chi connectivity index (χ1) is 8.58. The summed E-state index contributed by atoms with van der Waals surface area (Å²) in [5.74, 6) is -0.228. The normalized spacial score (nSPS) is 11.2. The molecule has 94 valence electrons. The summed E-state index contributed by atoms with van der Waals surface area (Å²) >= 11 is 0. The molecular formula is C16H16F2. The highest BCUT2D eigenvalue weighted by Crippen LogP contribution is 2.32. The third-order valence-corrected chi connectivity index (χ3v) is 3.08. The predicted octanol–water partition coefficient (Wildman–Crippen LogP) is 4.75. The van der Waals surface area contributed by atoms with E-state index in [2.05, 4.69) is 13.8 Å². The van der Waals surface area contributed by atoms with Gasteiger partial charge >= 0.3 is 0 Å². The minimum Gasteiger partial charge on any atom is -0.207 e. The number of hydrogen-bond donors (Lipinski definition) is 0. The zero-order chi connectivity index (χ0) is 13.1. The average Bonchev–Trinajstić information content (AvgIpc) is 2.28. The molecule has 0 aliphatic heterocycles. The van der Waals surface area contributed by atoms with Crippen molar-refractivity contribution in [3.05, 3.63) is 71.3 Å². The standard InChI is InChI=1S/C16H16F2/c1-11(2)16(12-5-3-7-14(17)9-12)13-6-4-8-15(18)10-13/h3-11,16H,1-2H3. The van der Waals surface area contributed by atoms with Gasteiger partial charge in [0.15, 0.2) is 0 Å². The van der Waals surface area contributed by atoms with Crippen LogP contribution in [0, 0.1) is 17.6 Å². The Labute approximate surface area is 106 Å². The van der Waals surface area contributed by atoms with Gasteiger partial charge in [0.1, 0.15) is 11.6 Å². The molecule has 0 atom stereocenters. The van der Waals surface area contributed by atoms with E-state index in [1.807, 2.05) is 12.1 Å². The van der Waals surface area contributed by atoms with Gasteiger partial charge in [-0.1, -0.05) is 38.1 Å². The highest BCUT2D eigenvalue weighted by atomic mass is 19.1. The van der Waals surface area contributed by atoms with Crippen molar-refractivity contribution in [3.8, 4) is 0 Å². The molecule has 0 unspecified atom stereocenters. The average molecular weight is 246 g/mol. The quantitative estimate of drug-likeness (QED) is 0.733. The molecule has 0 amide bonds. The van der Waals surface area contributed by atoms with Gasteiger partial charge in [-0.05, 0) is 41.3 Å². The lowest BCUT2D eigenvalue weighted by atomic mass is 9.82. The minimum atomic E-state index is -0.255. The highest BCUT2D eigenvalue weighted by molar-refractivity contribution is 5.33. The topological polar surface area (TPSA) is 0 Å². The van der Waals surface area contributed by atoms with Gasteiger partial charge < -0.3 is 0 Å². The van der Waals surface area contributed by atoms with E-state index in [0.29, 0.717) is 0 Å². The van der Waals surface area contributed by atoms with Crippen molar-refractivity contribution in [1.82, 2.24) is 0 Å². The lowest BCUT2D eigenvalue weighted by Gasteiger charge is -2.22. The summed E-state index contributed by atoms with van der Waals surface area (Å²) in [4.78, 5) is 0. The van der Waals surface area contributed by atoms with Crippen molar-refractivity contribution in [2.24, 2.45) is 5.92 Å². The fourth-order valence-electron chi connectivity index (χ4n) is 2.36. The van der Waals surface area contributed by atoms with Crippen LogP contribution < -0.4 is 0 Å². The number of halogens is 2. The first-order valence-electron chi connectivity index (χ1n) is 6.09. The molecule has 0 aliphatic carbocycles. The van der Waals surface area contributed by atoms with Crippen molar-refractivity contribution < 1.29 is 8.78 Å². The van der Waals surface area contributed by atoms with E-state index in [9.17, 15) is 8.78 Å². The molecule has 2 rings (SSSR count). The minimum absolute atomic E-state index is 0.0106. The maximum atomic E-state index is 13.3. The van der Waals surface area contributed by atoms with Crippen LogP contribution in [0.2, 0.25) is 0 Å².